The molecule has 27 heavy (non-hydrogen) atoms. The van der Waals surface area contributed by atoms with Gasteiger partial charge in [0.15, 0.2) is 18.1 Å². The third-order valence-electron chi connectivity index (χ3n) is 4.70. The monoisotopic (exact) mass is 388 g/mol. The number of piperidine rings is 1. The highest BCUT2D eigenvalue weighted by Gasteiger charge is 2.21. The number of likely N-dealkylation sites (tertiary alicyclic amines) is 1. The van der Waals surface area contributed by atoms with Gasteiger partial charge >= 0.3 is 0 Å². The zero-order valence-electron chi connectivity index (χ0n) is 15.5. The first-order chi connectivity index (χ1) is 13.1. The molecule has 0 unspecified atom stereocenters. The van der Waals surface area contributed by atoms with Gasteiger partial charge in [-0.1, -0.05) is 35.9 Å². The Balaban J connectivity index is 1.39. The van der Waals surface area contributed by atoms with Crippen LogP contribution in [0.5, 0.6) is 11.5 Å². The molecule has 0 aliphatic carbocycles. The fraction of sp³-hybridized carbons (Fsp3) is 0.381. The zero-order valence-corrected chi connectivity index (χ0v) is 16.2. The van der Waals surface area contributed by atoms with E-state index in [-0.39, 0.29) is 18.6 Å². The second-order valence-corrected chi connectivity index (χ2v) is 7.12. The Labute approximate surface area is 165 Å². The van der Waals surface area contributed by atoms with E-state index in [0.717, 1.165) is 37.5 Å². The standard InChI is InChI=1S/C21H25ClN2O3/c1-26-19-4-2-3-5-20(19)27-15-21(25)23-18-10-12-24(13-11-18)14-16-6-8-17(22)9-7-16/h2-9,18H,10-15H2,1H3,(H,23,25). The minimum Gasteiger partial charge on any atom is -0.493 e. The summed E-state index contributed by atoms with van der Waals surface area (Å²) < 4.78 is 10.8. The van der Waals surface area contributed by atoms with Crippen LogP contribution in [0.2, 0.25) is 5.02 Å². The maximum Gasteiger partial charge on any atom is 0.258 e. The molecule has 1 aliphatic rings. The normalized spacial score (nSPS) is 15.3. The lowest BCUT2D eigenvalue weighted by Gasteiger charge is -2.32. The summed E-state index contributed by atoms with van der Waals surface area (Å²) >= 11 is 5.93. The first kappa shape index (κ1) is 19.5. The Bertz CT molecular complexity index is 743. The predicted octanol–water partition coefficient (Wildman–Crippen LogP) is 3.51. The molecule has 0 saturated carbocycles. The summed E-state index contributed by atoms with van der Waals surface area (Å²) in [6.07, 6.45) is 1.88. The van der Waals surface area contributed by atoms with E-state index in [0.29, 0.717) is 11.5 Å². The van der Waals surface area contributed by atoms with Crippen LogP contribution in [0, 0.1) is 0 Å². The molecule has 1 saturated heterocycles. The average molecular weight is 389 g/mol. The lowest BCUT2D eigenvalue weighted by Crippen LogP contribution is -2.45. The van der Waals surface area contributed by atoms with Crippen molar-refractivity contribution in [2.75, 3.05) is 26.8 Å². The molecule has 1 amide bonds. The van der Waals surface area contributed by atoms with E-state index in [4.69, 9.17) is 21.1 Å². The van der Waals surface area contributed by atoms with Gasteiger partial charge in [-0.3, -0.25) is 9.69 Å². The Morgan fingerprint density at radius 1 is 1.11 bits per heavy atom. The van der Waals surface area contributed by atoms with Crippen LogP contribution in [-0.2, 0) is 11.3 Å². The van der Waals surface area contributed by atoms with E-state index in [9.17, 15) is 4.79 Å². The molecule has 144 valence electrons. The highest BCUT2D eigenvalue weighted by atomic mass is 35.5. The minimum atomic E-state index is -0.0999. The van der Waals surface area contributed by atoms with Crippen LogP contribution in [0.15, 0.2) is 48.5 Å². The topological polar surface area (TPSA) is 50.8 Å². The van der Waals surface area contributed by atoms with Crippen molar-refractivity contribution in [3.05, 3.63) is 59.1 Å². The number of carbonyl (C=O) groups excluding carboxylic acids is 1. The lowest BCUT2D eigenvalue weighted by molar-refractivity contribution is -0.124. The molecule has 1 aliphatic heterocycles. The highest BCUT2D eigenvalue weighted by Crippen LogP contribution is 2.25. The van der Waals surface area contributed by atoms with Gasteiger partial charge in [0, 0.05) is 30.7 Å². The molecule has 3 rings (SSSR count). The van der Waals surface area contributed by atoms with Crippen LogP contribution in [0.25, 0.3) is 0 Å². The largest absolute Gasteiger partial charge is 0.493 e. The van der Waals surface area contributed by atoms with Crippen molar-refractivity contribution < 1.29 is 14.3 Å². The molecule has 1 fully saturated rings. The molecule has 1 N–H and O–H groups in total. The fourth-order valence-electron chi connectivity index (χ4n) is 3.23. The number of hydrogen-bond donors (Lipinski definition) is 1. The van der Waals surface area contributed by atoms with E-state index in [2.05, 4.69) is 22.3 Å². The fourth-order valence-corrected chi connectivity index (χ4v) is 3.36. The van der Waals surface area contributed by atoms with Crippen molar-refractivity contribution in [2.24, 2.45) is 0 Å². The molecule has 2 aromatic carbocycles. The van der Waals surface area contributed by atoms with E-state index in [1.54, 1.807) is 13.2 Å². The van der Waals surface area contributed by atoms with Gasteiger partial charge < -0.3 is 14.8 Å². The van der Waals surface area contributed by atoms with Gasteiger partial charge in [0.1, 0.15) is 0 Å². The predicted molar refractivity (Wildman–Crippen MR) is 106 cm³/mol. The minimum absolute atomic E-state index is 0.00857. The quantitative estimate of drug-likeness (QED) is 0.788. The molecule has 1 heterocycles. The van der Waals surface area contributed by atoms with Gasteiger partial charge in [-0.2, -0.15) is 0 Å². The Hall–Kier alpha value is -2.24. The molecular weight excluding hydrogens is 364 g/mol. The number of halogens is 1. The van der Waals surface area contributed by atoms with E-state index < -0.39 is 0 Å². The van der Waals surface area contributed by atoms with E-state index in [1.807, 2.05) is 30.3 Å². The van der Waals surface area contributed by atoms with Crippen molar-refractivity contribution in [3.8, 4) is 11.5 Å². The van der Waals surface area contributed by atoms with Gasteiger partial charge in [0.05, 0.1) is 7.11 Å². The number of rotatable bonds is 7. The molecule has 0 spiro atoms. The second-order valence-electron chi connectivity index (χ2n) is 6.68. The number of para-hydroxylation sites is 2. The van der Waals surface area contributed by atoms with Gasteiger partial charge in [-0.05, 0) is 42.7 Å². The molecular formula is C21H25ClN2O3. The van der Waals surface area contributed by atoms with E-state index >= 15 is 0 Å². The summed E-state index contributed by atoms with van der Waals surface area (Å²) in [5, 5.41) is 3.83. The zero-order chi connectivity index (χ0) is 19.1. The number of nitrogens with one attached hydrogen (secondary N) is 1. The van der Waals surface area contributed by atoms with Crippen LogP contribution < -0.4 is 14.8 Å². The number of amides is 1. The van der Waals surface area contributed by atoms with Crippen LogP contribution in [0.3, 0.4) is 0 Å². The van der Waals surface area contributed by atoms with Crippen LogP contribution >= 0.6 is 11.6 Å². The average Bonchev–Trinajstić information content (AvgIpc) is 2.70. The SMILES string of the molecule is COc1ccccc1OCC(=O)NC1CCN(Cc2ccc(Cl)cc2)CC1. The first-order valence-electron chi connectivity index (χ1n) is 9.16. The third-order valence-corrected chi connectivity index (χ3v) is 4.95. The second kappa shape index (κ2) is 9.62. The number of methoxy groups -OCH3 is 1. The number of nitrogens with zero attached hydrogens (tertiary/aromatic N) is 1. The summed E-state index contributed by atoms with van der Waals surface area (Å²) in [5.41, 5.74) is 1.26. The van der Waals surface area contributed by atoms with Gasteiger partial charge in [0.2, 0.25) is 0 Å². The third kappa shape index (κ3) is 5.88. The summed E-state index contributed by atoms with van der Waals surface area (Å²) in [7, 11) is 1.58. The molecule has 5 nitrogen and oxygen atoms in total. The molecule has 0 aromatic heterocycles. The number of hydrogen-bond acceptors (Lipinski definition) is 4. The smallest absolute Gasteiger partial charge is 0.258 e. The van der Waals surface area contributed by atoms with Crippen LogP contribution in [-0.4, -0.2) is 43.7 Å². The molecule has 0 atom stereocenters. The first-order valence-corrected chi connectivity index (χ1v) is 9.54. The van der Waals surface area contributed by atoms with E-state index in [1.165, 1.54) is 5.56 Å². The Morgan fingerprint density at radius 2 is 1.78 bits per heavy atom. The summed E-state index contributed by atoms with van der Waals surface area (Å²) in [4.78, 5) is 14.6. The maximum atomic E-state index is 12.2. The summed E-state index contributed by atoms with van der Waals surface area (Å²) in [6.45, 7) is 2.82. The lowest BCUT2D eigenvalue weighted by atomic mass is 10.0. The summed E-state index contributed by atoms with van der Waals surface area (Å²) in [6, 6.07) is 15.5. The molecule has 0 radical (unpaired) electrons. The van der Waals surface area contributed by atoms with Crippen molar-refractivity contribution in [1.82, 2.24) is 10.2 Å². The number of ether oxygens (including phenoxy) is 2. The van der Waals surface area contributed by atoms with Crippen LogP contribution in [0.1, 0.15) is 18.4 Å². The van der Waals surface area contributed by atoms with Crippen molar-refractivity contribution in [1.29, 1.82) is 0 Å². The van der Waals surface area contributed by atoms with Crippen LogP contribution in [0.4, 0.5) is 0 Å². The molecule has 0 bridgehead atoms. The number of carbonyl (C=O) groups is 1. The Kier molecular flexibility index (Phi) is 6.96. The Morgan fingerprint density at radius 3 is 2.44 bits per heavy atom. The van der Waals surface area contributed by atoms with Crippen molar-refractivity contribution >= 4 is 17.5 Å². The maximum absolute atomic E-state index is 12.2. The van der Waals surface area contributed by atoms with Gasteiger partial charge in [-0.25, -0.2) is 0 Å². The van der Waals surface area contributed by atoms with Crippen molar-refractivity contribution in [3.63, 3.8) is 0 Å². The molecule has 6 heteroatoms. The van der Waals surface area contributed by atoms with Crippen molar-refractivity contribution in [2.45, 2.75) is 25.4 Å². The molecule has 2 aromatic rings. The highest BCUT2D eigenvalue weighted by molar-refractivity contribution is 6.30. The summed E-state index contributed by atoms with van der Waals surface area (Å²) in [5.74, 6) is 1.10. The number of benzene rings is 2. The van der Waals surface area contributed by atoms with Gasteiger partial charge in [0.25, 0.3) is 5.91 Å². The van der Waals surface area contributed by atoms with Gasteiger partial charge in [-0.15, -0.1) is 0 Å².